The smallest absolute Gasteiger partial charge is 0.373 e. The molecule has 16 heavy (non-hydrogen) atoms. The molecule has 0 saturated heterocycles. The summed E-state index contributed by atoms with van der Waals surface area (Å²) in [4.78, 5) is 22.2. The molecule has 0 spiro atoms. The van der Waals surface area contributed by atoms with Crippen molar-refractivity contribution >= 4 is 11.8 Å². The lowest BCUT2D eigenvalue weighted by Crippen LogP contribution is -2.09. The van der Waals surface area contributed by atoms with Gasteiger partial charge in [0, 0.05) is 12.5 Å². The first-order valence-electron chi connectivity index (χ1n) is 5.21. The standard InChI is InChI=1S/C12H18O4/c1-4-16-12(15)11(14)8-10(13)7-5-6-9(2)3/h6,8,14H,4-5,7H2,1-3H3/b11-8-. The first-order valence-corrected chi connectivity index (χ1v) is 5.21. The molecule has 0 unspecified atom stereocenters. The van der Waals surface area contributed by atoms with Gasteiger partial charge in [0.25, 0.3) is 0 Å². The molecule has 0 saturated carbocycles. The maximum absolute atomic E-state index is 11.3. The van der Waals surface area contributed by atoms with E-state index in [0.29, 0.717) is 6.42 Å². The van der Waals surface area contributed by atoms with Crippen LogP contribution in [0.4, 0.5) is 0 Å². The van der Waals surface area contributed by atoms with Gasteiger partial charge in [0.15, 0.2) is 5.78 Å². The summed E-state index contributed by atoms with van der Waals surface area (Å²) in [6.07, 6.45) is 3.71. The first-order chi connectivity index (χ1) is 7.47. The van der Waals surface area contributed by atoms with Crippen LogP contribution in [0.15, 0.2) is 23.5 Å². The zero-order valence-corrected chi connectivity index (χ0v) is 9.95. The topological polar surface area (TPSA) is 63.6 Å². The number of esters is 1. The van der Waals surface area contributed by atoms with Crippen LogP contribution in [0.25, 0.3) is 0 Å². The van der Waals surface area contributed by atoms with Gasteiger partial charge in [-0.1, -0.05) is 11.6 Å². The second-order valence-corrected chi connectivity index (χ2v) is 3.54. The average molecular weight is 226 g/mol. The van der Waals surface area contributed by atoms with Crippen molar-refractivity contribution < 1.29 is 19.4 Å². The van der Waals surface area contributed by atoms with E-state index in [0.717, 1.165) is 11.6 Å². The normalized spacial score (nSPS) is 10.8. The van der Waals surface area contributed by atoms with Gasteiger partial charge in [-0.15, -0.1) is 0 Å². The Labute approximate surface area is 95.6 Å². The van der Waals surface area contributed by atoms with E-state index >= 15 is 0 Å². The maximum atomic E-state index is 11.3. The molecule has 0 aliphatic heterocycles. The summed E-state index contributed by atoms with van der Waals surface area (Å²) in [5.74, 6) is -1.79. The van der Waals surface area contributed by atoms with Crippen LogP contribution in [-0.2, 0) is 14.3 Å². The van der Waals surface area contributed by atoms with Crippen molar-refractivity contribution in [1.82, 2.24) is 0 Å². The highest BCUT2D eigenvalue weighted by Gasteiger charge is 2.09. The molecule has 0 aliphatic carbocycles. The Bertz CT molecular complexity index is 309. The van der Waals surface area contributed by atoms with Crippen LogP contribution in [0.2, 0.25) is 0 Å². The van der Waals surface area contributed by atoms with E-state index in [1.54, 1.807) is 6.92 Å². The molecule has 0 bridgehead atoms. The highest BCUT2D eigenvalue weighted by molar-refractivity contribution is 5.97. The predicted molar refractivity (Wildman–Crippen MR) is 61.0 cm³/mol. The van der Waals surface area contributed by atoms with E-state index in [-0.39, 0.29) is 18.8 Å². The Kier molecular flexibility index (Phi) is 6.92. The van der Waals surface area contributed by atoms with Gasteiger partial charge in [0.1, 0.15) is 0 Å². The number of hydrogen-bond acceptors (Lipinski definition) is 4. The van der Waals surface area contributed by atoms with Crippen molar-refractivity contribution in [2.45, 2.75) is 33.6 Å². The number of rotatable bonds is 6. The van der Waals surface area contributed by atoms with Crippen LogP contribution in [-0.4, -0.2) is 23.5 Å². The Morgan fingerprint density at radius 1 is 1.31 bits per heavy atom. The van der Waals surface area contributed by atoms with Crippen LogP contribution < -0.4 is 0 Å². The van der Waals surface area contributed by atoms with Crippen LogP contribution in [0.3, 0.4) is 0 Å². The molecule has 0 aromatic rings. The van der Waals surface area contributed by atoms with Crippen LogP contribution in [0, 0.1) is 0 Å². The summed E-state index contributed by atoms with van der Waals surface area (Å²) < 4.78 is 4.53. The van der Waals surface area contributed by atoms with Gasteiger partial charge in [-0.2, -0.15) is 0 Å². The molecule has 90 valence electrons. The molecule has 0 aliphatic rings. The van der Waals surface area contributed by atoms with E-state index < -0.39 is 11.7 Å². The van der Waals surface area contributed by atoms with E-state index in [1.807, 2.05) is 19.9 Å². The first kappa shape index (κ1) is 14.4. The zero-order valence-electron chi connectivity index (χ0n) is 9.95. The molecule has 0 amide bonds. The van der Waals surface area contributed by atoms with Gasteiger partial charge < -0.3 is 9.84 Å². The average Bonchev–Trinajstić information content (AvgIpc) is 2.17. The Balaban J connectivity index is 4.15. The van der Waals surface area contributed by atoms with Gasteiger partial charge in [-0.25, -0.2) is 4.79 Å². The molecule has 4 heteroatoms. The van der Waals surface area contributed by atoms with Crippen molar-refractivity contribution in [2.75, 3.05) is 6.61 Å². The third kappa shape index (κ3) is 6.81. The monoisotopic (exact) mass is 226 g/mol. The molecule has 0 radical (unpaired) electrons. The van der Waals surface area contributed by atoms with Gasteiger partial charge in [-0.05, 0) is 27.2 Å². The van der Waals surface area contributed by atoms with Gasteiger partial charge in [0.2, 0.25) is 5.76 Å². The number of carbonyl (C=O) groups excluding carboxylic acids is 2. The summed E-state index contributed by atoms with van der Waals surface area (Å²) in [6.45, 7) is 5.68. The fourth-order valence-corrected chi connectivity index (χ4v) is 0.992. The van der Waals surface area contributed by atoms with Crippen molar-refractivity contribution in [1.29, 1.82) is 0 Å². The minimum absolute atomic E-state index is 0.169. The largest absolute Gasteiger partial charge is 0.502 e. The van der Waals surface area contributed by atoms with Crippen LogP contribution >= 0.6 is 0 Å². The van der Waals surface area contributed by atoms with Gasteiger partial charge >= 0.3 is 5.97 Å². The second-order valence-electron chi connectivity index (χ2n) is 3.54. The van der Waals surface area contributed by atoms with Crippen LogP contribution in [0.5, 0.6) is 0 Å². The maximum Gasteiger partial charge on any atom is 0.373 e. The van der Waals surface area contributed by atoms with Crippen molar-refractivity contribution in [2.24, 2.45) is 0 Å². The minimum atomic E-state index is -0.863. The van der Waals surface area contributed by atoms with Gasteiger partial charge in [-0.3, -0.25) is 4.79 Å². The lowest BCUT2D eigenvalue weighted by Gasteiger charge is -1.99. The van der Waals surface area contributed by atoms with E-state index in [4.69, 9.17) is 0 Å². The van der Waals surface area contributed by atoms with Crippen molar-refractivity contribution in [3.8, 4) is 0 Å². The number of allylic oxidation sites excluding steroid dienone is 3. The SMILES string of the molecule is CCOC(=O)/C(O)=C/C(=O)CCC=C(C)C. The Morgan fingerprint density at radius 2 is 1.94 bits per heavy atom. The Hall–Kier alpha value is -1.58. The minimum Gasteiger partial charge on any atom is -0.502 e. The second kappa shape index (κ2) is 7.68. The Morgan fingerprint density at radius 3 is 2.44 bits per heavy atom. The lowest BCUT2D eigenvalue weighted by atomic mass is 10.1. The molecule has 1 N–H and O–H groups in total. The summed E-state index contributed by atoms with van der Waals surface area (Å²) in [5, 5.41) is 9.18. The van der Waals surface area contributed by atoms with E-state index in [2.05, 4.69) is 4.74 Å². The fourth-order valence-electron chi connectivity index (χ4n) is 0.992. The number of ketones is 1. The summed E-state index contributed by atoms with van der Waals surface area (Å²) in [5.41, 5.74) is 1.13. The number of ether oxygens (including phenoxy) is 1. The highest BCUT2D eigenvalue weighted by Crippen LogP contribution is 2.01. The highest BCUT2D eigenvalue weighted by atomic mass is 16.5. The summed E-state index contributed by atoms with van der Waals surface area (Å²) >= 11 is 0. The lowest BCUT2D eigenvalue weighted by molar-refractivity contribution is -0.141. The third-order valence-electron chi connectivity index (χ3n) is 1.73. The van der Waals surface area contributed by atoms with Crippen molar-refractivity contribution in [3.63, 3.8) is 0 Å². The number of hydrogen-bond donors (Lipinski definition) is 1. The number of aliphatic hydroxyl groups is 1. The molecule has 0 aromatic heterocycles. The molecule has 4 nitrogen and oxygen atoms in total. The van der Waals surface area contributed by atoms with E-state index in [1.165, 1.54) is 0 Å². The molecule has 0 rings (SSSR count). The molecule has 0 aromatic carbocycles. The van der Waals surface area contributed by atoms with Crippen LogP contribution in [0.1, 0.15) is 33.6 Å². The van der Waals surface area contributed by atoms with Crippen molar-refractivity contribution in [3.05, 3.63) is 23.5 Å². The summed E-state index contributed by atoms with van der Waals surface area (Å²) in [6, 6.07) is 0. The van der Waals surface area contributed by atoms with E-state index in [9.17, 15) is 14.7 Å². The predicted octanol–water partition coefficient (Wildman–Crippen LogP) is 2.31. The molecule has 0 heterocycles. The number of carbonyl (C=O) groups is 2. The quantitative estimate of drug-likeness (QED) is 0.327. The third-order valence-corrected chi connectivity index (χ3v) is 1.73. The zero-order chi connectivity index (χ0) is 12.6. The molecule has 0 atom stereocenters. The van der Waals surface area contributed by atoms with Gasteiger partial charge in [0.05, 0.1) is 6.61 Å². The molecular weight excluding hydrogens is 208 g/mol. The fraction of sp³-hybridized carbons (Fsp3) is 0.500. The number of aliphatic hydroxyl groups excluding tert-OH is 1. The molecular formula is C12H18O4. The summed E-state index contributed by atoms with van der Waals surface area (Å²) in [7, 11) is 0. The molecule has 0 fully saturated rings.